The van der Waals surface area contributed by atoms with Gasteiger partial charge in [-0.1, -0.05) is 29.8 Å². The van der Waals surface area contributed by atoms with E-state index in [0.717, 1.165) is 22.2 Å². The van der Waals surface area contributed by atoms with Gasteiger partial charge in [-0.15, -0.1) is 0 Å². The number of halogens is 4. The fourth-order valence-electron chi connectivity index (χ4n) is 3.52. The van der Waals surface area contributed by atoms with Crippen LogP contribution in [0.25, 0.3) is 33.4 Å². The molecule has 0 fully saturated rings. The van der Waals surface area contributed by atoms with E-state index < -0.39 is 18.1 Å². The van der Waals surface area contributed by atoms with E-state index in [-0.39, 0.29) is 5.56 Å². The number of alkyl halides is 3. The van der Waals surface area contributed by atoms with Crippen molar-refractivity contribution in [3.8, 4) is 22.5 Å². The van der Waals surface area contributed by atoms with Gasteiger partial charge in [0, 0.05) is 55.5 Å². The molecule has 0 radical (unpaired) electrons. The lowest BCUT2D eigenvalue weighted by Gasteiger charge is -2.19. The van der Waals surface area contributed by atoms with Crippen LogP contribution in [0.1, 0.15) is 10.4 Å². The number of anilines is 1. The van der Waals surface area contributed by atoms with Crippen molar-refractivity contribution in [3.05, 3.63) is 70.5 Å². The zero-order valence-electron chi connectivity index (χ0n) is 19.2. The number of rotatable bonds is 3. The van der Waals surface area contributed by atoms with E-state index in [4.69, 9.17) is 25.9 Å². The van der Waals surface area contributed by atoms with Crippen molar-refractivity contribution in [1.29, 1.82) is 0 Å². The molecule has 0 unspecified atom stereocenters. The first-order valence-corrected chi connectivity index (χ1v) is 10.6. The molecule has 4 rings (SSSR count). The van der Waals surface area contributed by atoms with Crippen LogP contribution in [0, 0.1) is 0 Å². The molecular weight excluding hydrogens is 501 g/mol. The Hall–Kier alpha value is -4.05. The molecule has 2 aromatic rings. The highest BCUT2D eigenvalue weighted by Gasteiger charge is 2.28. The van der Waals surface area contributed by atoms with Crippen LogP contribution in [0.4, 0.5) is 18.9 Å². The molecule has 1 aliphatic carbocycles. The minimum absolute atomic E-state index is 0.221. The lowest BCUT2D eigenvalue weighted by atomic mass is 9.90. The number of carbonyl (C=O) groups excluding carboxylic acids is 1. The third kappa shape index (κ3) is 5.44. The third-order valence-electron chi connectivity index (χ3n) is 5.19. The molecule has 1 aliphatic heterocycles. The summed E-state index contributed by atoms with van der Waals surface area (Å²) in [6.45, 7) is 0. The smallest absolute Gasteiger partial charge is 0.430 e. The average molecular weight is 520 g/mol. The minimum Gasteiger partial charge on any atom is -0.542 e. The molecule has 1 N–H and O–H groups in total. The van der Waals surface area contributed by atoms with Gasteiger partial charge in [-0.25, -0.2) is 4.79 Å². The predicted octanol–water partition coefficient (Wildman–Crippen LogP) is 4.45. The van der Waals surface area contributed by atoms with E-state index >= 15 is 0 Å². The van der Waals surface area contributed by atoms with Crippen LogP contribution in [0.5, 0.6) is 0 Å². The third-order valence-corrected chi connectivity index (χ3v) is 5.49. The quantitative estimate of drug-likeness (QED) is 0.401. The second kappa shape index (κ2) is 10.3. The van der Waals surface area contributed by atoms with Crippen LogP contribution in [0.2, 0.25) is 5.02 Å². The number of aliphatic carboxylic acids is 1. The van der Waals surface area contributed by atoms with Crippen molar-refractivity contribution < 1.29 is 37.4 Å². The van der Waals surface area contributed by atoms with Gasteiger partial charge in [0.2, 0.25) is 0 Å². The van der Waals surface area contributed by atoms with E-state index in [9.17, 15) is 23.1 Å². The molecule has 7 nitrogen and oxygen atoms in total. The fourth-order valence-corrected chi connectivity index (χ4v) is 3.76. The second-order valence-corrected chi connectivity index (χ2v) is 8.12. The Bertz CT molecular complexity index is 1500. The van der Waals surface area contributed by atoms with Gasteiger partial charge in [0.15, 0.2) is 0 Å². The summed E-state index contributed by atoms with van der Waals surface area (Å²) in [5.41, 5.74) is 3.98. The van der Waals surface area contributed by atoms with Gasteiger partial charge in [0.1, 0.15) is 17.3 Å². The number of hydrogen-bond acceptors (Lipinski definition) is 6. The molecule has 36 heavy (non-hydrogen) atoms. The summed E-state index contributed by atoms with van der Waals surface area (Å²) >= 11 is 6.42. The van der Waals surface area contributed by atoms with Crippen molar-refractivity contribution in [2.45, 2.75) is 6.18 Å². The van der Waals surface area contributed by atoms with E-state index in [1.807, 2.05) is 49.3 Å². The Morgan fingerprint density at radius 2 is 1.69 bits per heavy atom. The average Bonchev–Trinajstić information content (AvgIpc) is 2.81. The Kier molecular flexibility index (Phi) is 7.59. The maximum atomic E-state index is 11.9. The molecule has 1 heterocycles. The van der Waals surface area contributed by atoms with Crippen molar-refractivity contribution in [3.63, 3.8) is 0 Å². The largest absolute Gasteiger partial charge is 0.542 e. The summed E-state index contributed by atoms with van der Waals surface area (Å²) in [6, 6.07) is 16.4. The lowest BCUT2D eigenvalue weighted by Crippen LogP contribution is -2.37. The number of benzene rings is 3. The van der Waals surface area contributed by atoms with E-state index in [0.29, 0.717) is 27.3 Å². The normalized spacial score (nSPS) is 11.8. The van der Waals surface area contributed by atoms with Gasteiger partial charge < -0.3 is 24.3 Å². The van der Waals surface area contributed by atoms with E-state index in [1.165, 1.54) is 0 Å². The molecule has 2 aromatic carbocycles. The van der Waals surface area contributed by atoms with Crippen molar-refractivity contribution in [1.82, 2.24) is 0 Å². The highest BCUT2D eigenvalue weighted by molar-refractivity contribution is 6.31. The number of aromatic carboxylic acids is 1. The Morgan fingerprint density at radius 3 is 2.25 bits per heavy atom. The van der Waals surface area contributed by atoms with Crippen molar-refractivity contribution in [2.24, 2.45) is 4.99 Å². The maximum Gasteiger partial charge on any atom is 0.430 e. The van der Waals surface area contributed by atoms with Gasteiger partial charge >= 0.3 is 12.1 Å². The number of carboxylic acid groups (broad SMARTS) is 2. The van der Waals surface area contributed by atoms with Gasteiger partial charge in [-0.05, 0) is 29.8 Å². The van der Waals surface area contributed by atoms with Crippen LogP contribution in [-0.4, -0.2) is 44.4 Å². The SMILES string of the molecule is CN=c1cc2oc3cc(N(C)C)ccc3c(-c3ccccc3C(=O)O)c-2cc1Cl.O=C([O-])C(F)(F)F. The van der Waals surface area contributed by atoms with Crippen LogP contribution < -0.4 is 15.4 Å². The number of hydrogen-bond donors (Lipinski definition) is 1. The summed E-state index contributed by atoms with van der Waals surface area (Å²) in [5, 5.41) is 20.4. The number of nitrogens with zero attached hydrogens (tertiary/aromatic N) is 2. The van der Waals surface area contributed by atoms with Crippen molar-refractivity contribution in [2.75, 3.05) is 26.0 Å². The predicted molar refractivity (Wildman–Crippen MR) is 127 cm³/mol. The second-order valence-electron chi connectivity index (χ2n) is 7.71. The van der Waals surface area contributed by atoms with Crippen LogP contribution in [-0.2, 0) is 4.79 Å². The number of carboxylic acids is 2. The highest BCUT2D eigenvalue weighted by atomic mass is 35.5. The summed E-state index contributed by atoms with van der Waals surface area (Å²) in [4.78, 5) is 26.9. The summed E-state index contributed by atoms with van der Waals surface area (Å²) in [6.07, 6.45) is -5.19. The molecule has 2 aliphatic rings. The first-order chi connectivity index (χ1) is 16.8. The number of carbonyl (C=O) groups is 2. The van der Waals surface area contributed by atoms with E-state index in [1.54, 1.807) is 31.3 Å². The number of fused-ring (bicyclic) bond motifs is 2. The summed E-state index contributed by atoms with van der Waals surface area (Å²) in [5.74, 6) is -3.40. The standard InChI is InChI=1S/C23H19ClN2O3.C2HF3O2/c1-25-19-12-21-17(11-18(19)24)22(14-6-4-5-7-15(14)23(27)28)16-9-8-13(26(2)3)10-20(16)29-21;3-2(4,5)1(6)7/h4-12H,1-3H3,(H,27,28);(H,6,7)/p-1. The van der Waals surface area contributed by atoms with Gasteiger partial charge in [0.25, 0.3) is 0 Å². The molecular formula is C25H19ClF3N2O5-. The molecule has 0 bridgehead atoms. The molecule has 0 saturated carbocycles. The van der Waals surface area contributed by atoms with Gasteiger partial charge in [-0.3, -0.25) is 4.99 Å². The Labute approximate surface area is 208 Å². The minimum atomic E-state index is -5.19. The zero-order valence-corrected chi connectivity index (χ0v) is 19.9. The molecule has 0 atom stereocenters. The van der Waals surface area contributed by atoms with Crippen LogP contribution in [0.3, 0.4) is 0 Å². The topological polar surface area (TPSA) is 106 Å². The molecule has 11 heteroatoms. The molecule has 0 spiro atoms. The van der Waals surface area contributed by atoms with Crippen molar-refractivity contribution >= 4 is 40.2 Å². The monoisotopic (exact) mass is 519 g/mol. The Balaban J connectivity index is 0.000000454. The first-order valence-electron chi connectivity index (χ1n) is 10.3. The van der Waals surface area contributed by atoms with Crippen LogP contribution >= 0.6 is 11.6 Å². The van der Waals surface area contributed by atoms with Gasteiger partial charge in [0.05, 0.1) is 15.9 Å². The van der Waals surface area contributed by atoms with E-state index in [2.05, 4.69) is 4.99 Å². The fraction of sp³-hybridized carbons (Fsp3) is 0.160. The highest BCUT2D eigenvalue weighted by Crippen LogP contribution is 2.42. The lowest BCUT2D eigenvalue weighted by molar-refractivity contribution is -0.344. The molecule has 0 amide bonds. The maximum absolute atomic E-state index is 11.9. The molecule has 0 aromatic heterocycles. The van der Waals surface area contributed by atoms with Crippen LogP contribution in [0.15, 0.2) is 64.0 Å². The summed E-state index contributed by atoms with van der Waals surface area (Å²) < 4.78 is 37.8. The zero-order chi connectivity index (χ0) is 26.8. The summed E-state index contributed by atoms with van der Waals surface area (Å²) in [7, 11) is 5.58. The first kappa shape index (κ1) is 26.6. The molecule has 188 valence electrons. The molecule has 0 saturated heterocycles. The van der Waals surface area contributed by atoms with Gasteiger partial charge in [-0.2, -0.15) is 13.2 Å². The Morgan fingerprint density at radius 1 is 1.06 bits per heavy atom.